The van der Waals surface area contributed by atoms with Gasteiger partial charge in [-0.25, -0.2) is 0 Å². The SMILES string of the molecule is CC.Cc1cc(C)c2occc2c1N. The summed E-state index contributed by atoms with van der Waals surface area (Å²) in [4.78, 5) is 0. The summed E-state index contributed by atoms with van der Waals surface area (Å²) >= 11 is 0. The molecular weight excluding hydrogens is 174 g/mol. The summed E-state index contributed by atoms with van der Waals surface area (Å²) in [5.74, 6) is 0. The number of furan rings is 1. The van der Waals surface area contributed by atoms with Crippen molar-refractivity contribution in [2.45, 2.75) is 27.7 Å². The van der Waals surface area contributed by atoms with Crippen LogP contribution in [0.1, 0.15) is 25.0 Å². The molecule has 0 saturated carbocycles. The van der Waals surface area contributed by atoms with Gasteiger partial charge in [-0.2, -0.15) is 0 Å². The number of hydrogen-bond donors (Lipinski definition) is 1. The molecular formula is C12H17NO. The maximum atomic E-state index is 5.87. The van der Waals surface area contributed by atoms with Crippen LogP contribution in [0.5, 0.6) is 0 Å². The molecule has 1 heterocycles. The lowest BCUT2D eigenvalue weighted by Crippen LogP contribution is -1.90. The van der Waals surface area contributed by atoms with Gasteiger partial charge in [0.15, 0.2) is 0 Å². The van der Waals surface area contributed by atoms with Crippen LogP contribution in [-0.4, -0.2) is 0 Å². The van der Waals surface area contributed by atoms with E-state index in [0.29, 0.717) is 0 Å². The zero-order chi connectivity index (χ0) is 10.7. The number of hydrogen-bond acceptors (Lipinski definition) is 2. The van der Waals surface area contributed by atoms with Gasteiger partial charge < -0.3 is 10.2 Å². The van der Waals surface area contributed by atoms with E-state index in [1.165, 1.54) is 0 Å². The van der Waals surface area contributed by atoms with Crippen molar-refractivity contribution in [2.75, 3.05) is 5.73 Å². The average Bonchev–Trinajstić information content (AvgIpc) is 2.67. The zero-order valence-corrected chi connectivity index (χ0v) is 9.22. The largest absolute Gasteiger partial charge is 0.464 e. The van der Waals surface area contributed by atoms with Crippen molar-refractivity contribution in [3.8, 4) is 0 Å². The molecule has 2 rings (SSSR count). The van der Waals surface area contributed by atoms with Crippen LogP contribution >= 0.6 is 0 Å². The Morgan fingerprint density at radius 3 is 2.43 bits per heavy atom. The lowest BCUT2D eigenvalue weighted by molar-refractivity contribution is 0.613. The van der Waals surface area contributed by atoms with Crippen LogP contribution in [0.25, 0.3) is 11.0 Å². The quantitative estimate of drug-likeness (QED) is 0.645. The van der Waals surface area contributed by atoms with Crippen LogP contribution in [0.2, 0.25) is 0 Å². The molecule has 0 atom stereocenters. The predicted octanol–water partition coefficient (Wildman–Crippen LogP) is 3.66. The second-order valence-corrected chi connectivity index (χ2v) is 3.09. The van der Waals surface area contributed by atoms with Gasteiger partial charge in [-0.05, 0) is 31.0 Å². The van der Waals surface area contributed by atoms with Gasteiger partial charge in [-0.1, -0.05) is 19.9 Å². The highest BCUT2D eigenvalue weighted by Gasteiger charge is 2.06. The van der Waals surface area contributed by atoms with Gasteiger partial charge in [-0.3, -0.25) is 0 Å². The van der Waals surface area contributed by atoms with Crippen molar-refractivity contribution in [2.24, 2.45) is 0 Å². The lowest BCUT2D eigenvalue weighted by Gasteiger charge is -2.02. The molecule has 76 valence electrons. The zero-order valence-electron chi connectivity index (χ0n) is 9.22. The van der Waals surface area contributed by atoms with Crippen molar-refractivity contribution in [1.29, 1.82) is 0 Å². The minimum absolute atomic E-state index is 0.823. The standard InChI is InChI=1S/C10H11NO.C2H6/c1-6-5-7(2)10-8(9(6)11)3-4-12-10;1-2/h3-5H,11H2,1-2H3;1-2H3. The van der Waals surface area contributed by atoms with E-state index in [1.807, 2.05) is 39.8 Å². The number of benzene rings is 1. The summed E-state index contributed by atoms with van der Waals surface area (Å²) in [5.41, 5.74) is 9.85. The normalized spacial score (nSPS) is 9.71. The number of nitrogens with two attached hydrogens (primary N) is 1. The van der Waals surface area contributed by atoms with Crippen molar-refractivity contribution < 1.29 is 4.42 Å². The van der Waals surface area contributed by atoms with Crippen LogP contribution < -0.4 is 5.73 Å². The lowest BCUT2D eigenvalue weighted by atomic mass is 10.1. The van der Waals surface area contributed by atoms with Crippen LogP contribution in [0, 0.1) is 13.8 Å². The van der Waals surface area contributed by atoms with E-state index in [0.717, 1.165) is 27.8 Å². The molecule has 2 nitrogen and oxygen atoms in total. The fourth-order valence-corrected chi connectivity index (χ4v) is 1.51. The highest BCUT2D eigenvalue weighted by atomic mass is 16.3. The second kappa shape index (κ2) is 4.18. The summed E-state index contributed by atoms with van der Waals surface area (Å²) < 4.78 is 5.30. The number of rotatable bonds is 0. The van der Waals surface area contributed by atoms with E-state index in [-0.39, 0.29) is 0 Å². The van der Waals surface area contributed by atoms with Crippen molar-refractivity contribution >= 4 is 16.7 Å². The Bertz CT molecular complexity index is 429. The Kier molecular flexibility index (Phi) is 3.18. The first kappa shape index (κ1) is 10.6. The molecule has 14 heavy (non-hydrogen) atoms. The molecule has 0 unspecified atom stereocenters. The summed E-state index contributed by atoms with van der Waals surface area (Å²) in [7, 11) is 0. The molecule has 0 radical (unpaired) electrons. The summed E-state index contributed by atoms with van der Waals surface area (Å²) in [6.45, 7) is 8.03. The van der Waals surface area contributed by atoms with E-state index in [9.17, 15) is 0 Å². The maximum absolute atomic E-state index is 5.87. The molecule has 2 aromatic rings. The van der Waals surface area contributed by atoms with E-state index in [4.69, 9.17) is 10.2 Å². The molecule has 2 heteroatoms. The van der Waals surface area contributed by atoms with Crippen molar-refractivity contribution in [1.82, 2.24) is 0 Å². The molecule has 0 amide bonds. The Labute approximate surface area is 84.7 Å². The fourth-order valence-electron chi connectivity index (χ4n) is 1.51. The second-order valence-electron chi connectivity index (χ2n) is 3.09. The molecule has 0 saturated heterocycles. The Morgan fingerprint density at radius 2 is 1.79 bits per heavy atom. The maximum Gasteiger partial charge on any atom is 0.138 e. The molecule has 0 spiro atoms. The third-order valence-electron chi connectivity index (χ3n) is 2.17. The molecule has 0 aliphatic heterocycles. The fraction of sp³-hybridized carbons (Fsp3) is 0.333. The van der Waals surface area contributed by atoms with E-state index < -0.39 is 0 Å². The molecule has 0 bridgehead atoms. The van der Waals surface area contributed by atoms with E-state index in [2.05, 4.69) is 0 Å². The van der Waals surface area contributed by atoms with Gasteiger partial charge in [0.25, 0.3) is 0 Å². The monoisotopic (exact) mass is 191 g/mol. The molecule has 0 fully saturated rings. The van der Waals surface area contributed by atoms with Crippen LogP contribution in [0.15, 0.2) is 22.8 Å². The first-order chi connectivity index (χ1) is 6.70. The third kappa shape index (κ3) is 1.60. The van der Waals surface area contributed by atoms with Crippen LogP contribution in [0.3, 0.4) is 0 Å². The minimum atomic E-state index is 0.823. The highest BCUT2D eigenvalue weighted by molar-refractivity contribution is 5.92. The summed E-state index contributed by atoms with van der Waals surface area (Å²) in [6.07, 6.45) is 1.67. The van der Waals surface area contributed by atoms with Gasteiger partial charge in [0.2, 0.25) is 0 Å². The van der Waals surface area contributed by atoms with Gasteiger partial charge in [0.1, 0.15) is 5.58 Å². The third-order valence-corrected chi connectivity index (χ3v) is 2.17. The summed E-state index contributed by atoms with van der Waals surface area (Å²) in [6, 6.07) is 3.95. The molecule has 2 N–H and O–H groups in total. The van der Waals surface area contributed by atoms with Gasteiger partial charge in [0.05, 0.1) is 6.26 Å². The molecule has 1 aromatic heterocycles. The first-order valence-corrected chi connectivity index (χ1v) is 4.93. The van der Waals surface area contributed by atoms with E-state index in [1.54, 1.807) is 6.26 Å². The summed E-state index contributed by atoms with van der Waals surface area (Å²) in [5, 5.41) is 1.02. The Hall–Kier alpha value is -1.44. The van der Waals surface area contributed by atoms with Gasteiger partial charge in [-0.15, -0.1) is 0 Å². The molecule has 1 aromatic carbocycles. The first-order valence-electron chi connectivity index (χ1n) is 4.93. The number of anilines is 1. The average molecular weight is 191 g/mol. The number of nitrogen functional groups attached to an aromatic ring is 1. The van der Waals surface area contributed by atoms with Gasteiger partial charge >= 0.3 is 0 Å². The smallest absolute Gasteiger partial charge is 0.138 e. The Balaban J connectivity index is 0.000000461. The number of fused-ring (bicyclic) bond motifs is 1. The topological polar surface area (TPSA) is 39.2 Å². The molecule has 0 aliphatic carbocycles. The number of aryl methyl sites for hydroxylation is 2. The minimum Gasteiger partial charge on any atom is -0.464 e. The predicted molar refractivity (Wildman–Crippen MR) is 61.4 cm³/mol. The van der Waals surface area contributed by atoms with Crippen molar-refractivity contribution in [3.63, 3.8) is 0 Å². The van der Waals surface area contributed by atoms with Crippen molar-refractivity contribution in [3.05, 3.63) is 29.5 Å². The van der Waals surface area contributed by atoms with E-state index >= 15 is 0 Å². The Morgan fingerprint density at radius 1 is 1.14 bits per heavy atom. The molecule has 0 aliphatic rings. The van der Waals surface area contributed by atoms with Crippen LogP contribution in [-0.2, 0) is 0 Å². The van der Waals surface area contributed by atoms with Crippen LogP contribution in [0.4, 0.5) is 5.69 Å². The highest BCUT2D eigenvalue weighted by Crippen LogP contribution is 2.28. The van der Waals surface area contributed by atoms with Gasteiger partial charge in [0, 0.05) is 11.1 Å².